The van der Waals surface area contributed by atoms with Crippen LogP contribution in [0.15, 0.2) is 48.5 Å². The number of nitrogens with zero attached hydrogens (tertiary/aromatic N) is 1. The second-order valence-corrected chi connectivity index (χ2v) is 6.72. The van der Waals surface area contributed by atoms with E-state index in [4.69, 9.17) is 10.6 Å². The minimum Gasteiger partial charge on any atom is -0.496 e. The van der Waals surface area contributed by atoms with Crippen LogP contribution >= 0.6 is 0 Å². The number of hydrogen-bond donors (Lipinski definition) is 1. The predicted octanol–water partition coefficient (Wildman–Crippen LogP) is 4.46. The van der Waals surface area contributed by atoms with E-state index in [0.29, 0.717) is 17.7 Å². The molecule has 0 amide bonds. The van der Waals surface area contributed by atoms with Crippen molar-refractivity contribution in [1.82, 2.24) is 5.01 Å². The van der Waals surface area contributed by atoms with Gasteiger partial charge in [-0.2, -0.15) is 0 Å². The van der Waals surface area contributed by atoms with Crippen LogP contribution in [0.25, 0.3) is 0 Å². The van der Waals surface area contributed by atoms with Crippen LogP contribution in [0.3, 0.4) is 0 Å². The molecule has 2 aromatic carbocycles. The number of piperidine rings is 1. The standard InChI is InChI=1S/C20H23F3N2O2/c1-26-18-10-9-17(27-20(21,22)23)13-16(18)12-15-8-5-11-25(24)19(15)14-6-3-2-4-7-14/h2-4,6-7,9-10,13,15,19H,5,8,11-12,24H2,1H3. The van der Waals surface area contributed by atoms with E-state index >= 15 is 0 Å². The molecule has 0 bridgehead atoms. The van der Waals surface area contributed by atoms with Crippen molar-refractivity contribution in [3.8, 4) is 11.5 Å². The average Bonchev–Trinajstić information content (AvgIpc) is 2.61. The second-order valence-electron chi connectivity index (χ2n) is 6.72. The van der Waals surface area contributed by atoms with Gasteiger partial charge in [-0.15, -0.1) is 13.2 Å². The highest BCUT2D eigenvalue weighted by atomic mass is 19.4. The first-order chi connectivity index (χ1) is 12.9. The molecule has 0 spiro atoms. The van der Waals surface area contributed by atoms with Gasteiger partial charge in [0, 0.05) is 6.54 Å². The minimum absolute atomic E-state index is 0.00292. The first kappa shape index (κ1) is 19.5. The molecule has 0 saturated carbocycles. The molecule has 3 rings (SSSR count). The summed E-state index contributed by atoms with van der Waals surface area (Å²) in [6.07, 6.45) is -2.31. The van der Waals surface area contributed by atoms with Crippen LogP contribution in [0, 0.1) is 5.92 Å². The van der Waals surface area contributed by atoms with E-state index in [1.807, 2.05) is 35.3 Å². The molecule has 1 saturated heterocycles. The van der Waals surface area contributed by atoms with Crippen molar-refractivity contribution in [2.75, 3.05) is 13.7 Å². The Balaban J connectivity index is 1.88. The minimum atomic E-state index is -4.72. The molecule has 2 N–H and O–H groups in total. The molecular weight excluding hydrogens is 357 g/mol. The normalized spacial score (nSPS) is 21.1. The summed E-state index contributed by atoms with van der Waals surface area (Å²) in [6, 6.07) is 14.1. The summed E-state index contributed by atoms with van der Waals surface area (Å²) in [5.74, 6) is 6.73. The Bertz CT molecular complexity index is 753. The molecule has 1 fully saturated rings. The molecule has 27 heavy (non-hydrogen) atoms. The third-order valence-corrected chi connectivity index (χ3v) is 4.90. The monoisotopic (exact) mass is 380 g/mol. The fraction of sp³-hybridized carbons (Fsp3) is 0.400. The van der Waals surface area contributed by atoms with Gasteiger partial charge in [0.05, 0.1) is 13.2 Å². The Labute approximate surface area is 156 Å². The summed E-state index contributed by atoms with van der Waals surface area (Å²) in [7, 11) is 1.51. The maximum atomic E-state index is 12.6. The molecule has 0 aliphatic carbocycles. The Hall–Kier alpha value is -2.25. The molecule has 1 aliphatic rings. The molecule has 146 valence electrons. The highest BCUT2D eigenvalue weighted by Crippen LogP contribution is 2.39. The number of benzene rings is 2. The Kier molecular flexibility index (Phi) is 5.92. The van der Waals surface area contributed by atoms with Gasteiger partial charge in [-0.05, 0) is 54.5 Å². The maximum absolute atomic E-state index is 12.6. The van der Waals surface area contributed by atoms with Crippen LogP contribution in [0.4, 0.5) is 13.2 Å². The smallest absolute Gasteiger partial charge is 0.496 e. The van der Waals surface area contributed by atoms with E-state index in [1.165, 1.54) is 25.3 Å². The predicted molar refractivity (Wildman–Crippen MR) is 96.2 cm³/mol. The average molecular weight is 380 g/mol. The lowest BCUT2D eigenvalue weighted by molar-refractivity contribution is -0.274. The van der Waals surface area contributed by atoms with Gasteiger partial charge in [-0.25, -0.2) is 5.01 Å². The van der Waals surface area contributed by atoms with E-state index in [2.05, 4.69) is 4.74 Å². The lowest BCUT2D eigenvalue weighted by atomic mass is 9.81. The van der Waals surface area contributed by atoms with Crippen molar-refractivity contribution in [3.05, 3.63) is 59.7 Å². The Morgan fingerprint density at radius 2 is 1.89 bits per heavy atom. The number of hydrogen-bond acceptors (Lipinski definition) is 4. The van der Waals surface area contributed by atoms with Gasteiger partial charge in [0.1, 0.15) is 11.5 Å². The first-order valence-electron chi connectivity index (χ1n) is 8.86. The molecule has 0 aromatic heterocycles. The molecule has 7 heteroatoms. The fourth-order valence-corrected chi connectivity index (χ4v) is 3.83. The molecule has 1 heterocycles. The SMILES string of the molecule is COc1ccc(OC(F)(F)F)cc1CC1CCCN(N)C1c1ccccc1. The number of ether oxygens (including phenoxy) is 2. The number of alkyl halides is 3. The zero-order chi connectivity index (χ0) is 19.4. The molecule has 0 radical (unpaired) electrons. The molecule has 4 nitrogen and oxygen atoms in total. The molecule has 2 aromatic rings. The van der Waals surface area contributed by atoms with Gasteiger partial charge in [0.15, 0.2) is 0 Å². The van der Waals surface area contributed by atoms with E-state index in [9.17, 15) is 13.2 Å². The summed E-state index contributed by atoms with van der Waals surface area (Å²) >= 11 is 0. The quantitative estimate of drug-likeness (QED) is 0.778. The van der Waals surface area contributed by atoms with Crippen LogP contribution in [-0.4, -0.2) is 25.0 Å². The third-order valence-electron chi connectivity index (χ3n) is 4.90. The fourth-order valence-electron chi connectivity index (χ4n) is 3.83. The van der Waals surface area contributed by atoms with Crippen LogP contribution in [0.2, 0.25) is 0 Å². The summed E-state index contributed by atoms with van der Waals surface area (Å²) in [6.45, 7) is 0.782. The number of nitrogens with two attached hydrogens (primary N) is 1. The third kappa shape index (κ3) is 4.93. The molecular formula is C20H23F3N2O2. The molecule has 2 unspecified atom stereocenters. The van der Waals surface area contributed by atoms with Crippen molar-refractivity contribution in [3.63, 3.8) is 0 Å². The number of rotatable bonds is 5. The van der Waals surface area contributed by atoms with E-state index in [-0.39, 0.29) is 17.7 Å². The van der Waals surface area contributed by atoms with Crippen molar-refractivity contribution in [1.29, 1.82) is 0 Å². The first-order valence-corrected chi connectivity index (χ1v) is 8.86. The van der Waals surface area contributed by atoms with E-state index in [1.54, 1.807) is 0 Å². The lowest BCUT2D eigenvalue weighted by Crippen LogP contribution is -2.44. The van der Waals surface area contributed by atoms with Gasteiger partial charge in [-0.3, -0.25) is 5.84 Å². The zero-order valence-electron chi connectivity index (χ0n) is 15.1. The summed E-state index contributed by atoms with van der Waals surface area (Å²) < 4.78 is 47.1. The number of hydrazine groups is 1. The van der Waals surface area contributed by atoms with Crippen LogP contribution in [-0.2, 0) is 6.42 Å². The number of halogens is 3. The lowest BCUT2D eigenvalue weighted by Gasteiger charge is -2.39. The summed E-state index contributed by atoms with van der Waals surface area (Å²) in [5.41, 5.74) is 1.78. The van der Waals surface area contributed by atoms with E-state index < -0.39 is 6.36 Å². The van der Waals surface area contributed by atoms with Crippen LogP contribution in [0.5, 0.6) is 11.5 Å². The van der Waals surface area contributed by atoms with Crippen molar-refractivity contribution < 1.29 is 22.6 Å². The second kappa shape index (κ2) is 8.19. The van der Waals surface area contributed by atoms with Crippen LogP contribution in [0.1, 0.15) is 30.0 Å². The van der Waals surface area contributed by atoms with Crippen molar-refractivity contribution in [2.24, 2.45) is 11.8 Å². The Morgan fingerprint density at radius 1 is 1.15 bits per heavy atom. The van der Waals surface area contributed by atoms with Gasteiger partial charge in [0.2, 0.25) is 0 Å². The molecule has 2 atom stereocenters. The Morgan fingerprint density at radius 3 is 2.56 bits per heavy atom. The van der Waals surface area contributed by atoms with Gasteiger partial charge in [-0.1, -0.05) is 30.3 Å². The highest BCUT2D eigenvalue weighted by molar-refractivity contribution is 5.41. The van der Waals surface area contributed by atoms with Crippen molar-refractivity contribution >= 4 is 0 Å². The highest BCUT2D eigenvalue weighted by Gasteiger charge is 2.33. The van der Waals surface area contributed by atoms with Gasteiger partial charge < -0.3 is 9.47 Å². The topological polar surface area (TPSA) is 47.7 Å². The number of methoxy groups -OCH3 is 1. The summed E-state index contributed by atoms with van der Waals surface area (Å²) in [5, 5.41) is 1.83. The van der Waals surface area contributed by atoms with Gasteiger partial charge in [0.25, 0.3) is 0 Å². The molecule has 1 aliphatic heterocycles. The van der Waals surface area contributed by atoms with E-state index in [0.717, 1.165) is 24.9 Å². The zero-order valence-corrected chi connectivity index (χ0v) is 15.1. The van der Waals surface area contributed by atoms with Gasteiger partial charge >= 0.3 is 6.36 Å². The summed E-state index contributed by atoms with van der Waals surface area (Å²) in [4.78, 5) is 0. The largest absolute Gasteiger partial charge is 0.573 e. The van der Waals surface area contributed by atoms with Crippen LogP contribution < -0.4 is 15.3 Å². The van der Waals surface area contributed by atoms with Crippen molar-refractivity contribution in [2.45, 2.75) is 31.7 Å². The maximum Gasteiger partial charge on any atom is 0.573 e.